The molecule has 21 heavy (non-hydrogen) atoms. The third kappa shape index (κ3) is 3.64. The summed E-state index contributed by atoms with van der Waals surface area (Å²) in [4.78, 5) is 11.9. The highest BCUT2D eigenvalue weighted by molar-refractivity contribution is 9.10. The maximum atomic E-state index is 11.9. The average Bonchev–Trinajstić information content (AvgIpc) is 2.52. The molecule has 0 aliphatic rings. The second-order valence-electron chi connectivity index (χ2n) is 4.48. The fourth-order valence-corrected chi connectivity index (χ4v) is 2.50. The molecule has 0 unspecified atom stereocenters. The monoisotopic (exact) mass is 351 g/mol. The SMILES string of the molecule is CCn1ncc(NCCc2ccccc2OC)c(Br)c1=O. The second-order valence-corrected chi connectivity index (χ2v) is 5.27. The summed E-state index contributed by atoms with van der Waals surface area (Å²) in [6.07, 6.45) is 2.46. The molecule has 6 heteroatoms. The van der Waals surface area contributed by atoms with E-state index in [1.54, 1.807) is 13.3 Å². The summed E-state index contributed by atoms with van der Waals surface area (Å²) in [6.45, 7) is 3.13. The Morgan fingerprint density at radius 3 is 2.86 bits per heavy atom. The Morgan fingerprint density at radius 2 is 2.14 bits per heavy atom. The van der Waals surface area contributed by atoms with Crippen molar-refractivity contribution in [1.29, 1.82) is 0 Å². The lowest BCUT2D eigenvalue weighted by molar-refractivity contribution is 0.410. The summed E-state index contributed by atoms with van der Waals surface area (Å²) in [6, 6.07) is 7.90. The summed E-state index contributed by atoms with van der Waals surface area (Å²) in [5, 5.41) is 7.33. The minimum absolute atomic E-state index is 0.125. The molecular formula is C15H18BrN3O2. The zero-order chi connectivity index (χ0) is 15.2. The Hall–Kier alpha value is -1.82. The fourth-order valence-electron chi connectivity index (χ4n) is 2.05. The number of hydrogen-bond donors (Lipinski definition) is 1. The molecule has 0 atom stereocenters. The van der Waals surface area contributed by atoms with Crippen molar-refractivity contribution in [1.82, 2.24) is 9.78 Å². The maximum Gasteiger partial charge on any atom is 0.283 e. The molecular weight excluding hydrogens is 334 g/mol. The maximum absolute atomic E-state index is 11.9. The molecule has 0 aliphatic carbocycles. The molecule has 2 aromatic rings. The van der Waals surface area contributed by atoms with Crippen molar-refractivity contribution < 1.29 is 4.74 Å². The summed E-state index contributed by atoms with van der Waals surface area (Å²) >= 11 is 3.33. The van der Waals surface area contributed by atoms with E-state index in [0.717, 1.165) is 17.7 Å². The number of halogens is 1. The predicted molar refractivity (Wildman–Crippen MR) is 87.1 cm³/mol. The molecule has 0 saturated carbocycles. The normalized spacial score (nSPS) is 10.4. The number of ether oxygens (including phenoxy) is 1. The second kappa shape index (κ2) is 7.26. The van der Waals surface area contributed by atoms with Gasteiger partial charge in [0.2, 0.25) is 0 Å². The number of para-hydroxylation sites is 1. The van der Waals surface area contributed by atoms with E-state index in [1.807, 2.05) is 31.2 Å². The lowest BCUT2D eigenvalue weighted by Crippen LogP contribution is -2.24. The van der Waals surface area contributed by atoms with Crippen molar-refractivity contribution in [2.75, 3.05) is 19.0 Å². The van der Waals surface area contributed by atoms with E-state index in [0.29, 0.717) is 23.2 Å². The van der Waals surface area contributed by atoms with E-state index in [2.05, 4.69) is 26.3 Å². The van der Waals surface area contributed by atoms with Crippen molar-refractivity contribution >= 4 is 21.6 Å². The van der Waals surface area contributed by atoms with E-state index in [9.17, 15) is 4.79 Å². The predicted octanol–water partition coefficient (Wildman–Crippen LogP) is 2.69. The van der Waals surface area contributed by atoms with Gasteiger partial charge in [0.25, 0.3) is 5.56 Å². The van der Waals surface area contributed by atoms with E-state index >= 15 is 0 Å². The summed E-state index contributed by atoms with van der Waals surface area (Å²) in [5.74, 6) is 0.873. The van der Waals surface area contributed by atoms with Crippen LogP contribution in [-0.4, -0.2) is 23.4 Å². The van der Waals surface area contributed by atoms with Crippen molar-refractivity contribution in [2.45, 2.75) is 19.9 Å². The number of benzene rings is 1. The smallest absolute Gasteiger partial charge is 0.283 e. The van der Waals surface area contributed by atoms with Crippen LogP contribution >= 0.6 is 15.9 Å². The molecule has 5 nitrogen and oxygen atoms in total. The zero-order valence-electron chi connectivity index (χ0n) is 12.1. The largest absolute Gasteiger partial charge is 0.496 e. The highest BCUT2D eigenvalue weighted by Gasteiger charge is 2.08. The Bertz CT molecular complexity index is 670. The number of nitrogens with zero attached hydrogens (tertiary/aromatic N) is 2. The van der Waals surface area contributed by atoms with Gasteiger partial charge >= 0.3 is 0 Å². The Morgan fingerprint density at radius 1 is 1.38 bits per heavy atom. The van der Waals surface area contributed by atoms with Crippen LogP contribution in [0.25, 0.3) is 0 Å². The van der Waals surface area contributed by atoms with Crippen molar-refractivity contribution in [3.63, 3.8) is 0 Å². The Balaban J connectivity index is 2.04. The van der Waals surface area contributed by atoms with Gasteiger partial charge in [-0.3, -0.25) is 4.79 Å². The first-order valence-corrected chi connectivity index (χ1v) is 7.58. The highest BCUT2D eigenvalue weighted by Crippen LogP contribution is 2.19. The van der Waals surface area contributed by atoms with Gasteiger partial charge in [0.15, 0.2) is 0 Å². The standard InChI is InChI=1S/C15H18BrN3O2/c1-3-19-15(20)14(16)12(10-18-19)17-9-8-11-6-4-5-7-13(11)21-2/h4-7,10,17H,3,8-9H2,1-2H3. The summed E-state index contributed by atoms with van der Waals surface area (Å²) < 4.78 is 7.24. The molecule has 0 saturated heterocycles. The minimum atomic E-state index is -0.125. The third-order valence-electron chi connectivity index (χ3n) is 3.19. The van der Waals surface area contributed by atoms with E-state index in [1.165, 1.54) is 4.68 Å². The first-order chi connectivity index (χ1) is 10.2. The van der Waals surface area contributed by atoms with Gasteiger partial charge in [-0.2, -0.15) is 5.10 Å². The molecule has 0 amide bonds. The quantitative estimate of drug-likeness (QED) is 0.869. The van der Waals surface area contributed by atoms with Crippen molar-refractivity contribution in [3.05, 3.63) is 50.9 Å². The van der Waals surface area contributed by atoms with Crippen LogP contribution in [0.15, 0.2) is 39.7 Å². The van der Waals surface area contributed by atoms with Crippen LogP contribution in [0.3, 0.4) is 0 Å². The number of anilines is 1. The number of rotatable bonds is 6. The minimum Gasteiger partial charge on any atom is -0.496 e. The van der Waals surface area contributed by atoms with Crippen LogP contribution in [0, 0.1) is 0 Å². The molecule has 112 valence electrons. The Labute approximate surface area is 132 Å². The highest BCUT2D eigenvalue weighted by atomic mass is 79.9. The molecule has 0 bridgehead atoms. The molecule has 0 spiro atoms. The van der Waals surface area contributed by atoms with Crippen molar-refractivity contribution in [2.24, 2.45) is 0 Å². The lowest BCUT2D eigenvalue weighted by Gasteiger charge is -2.11. The molecule has 1 aromatic heterocycles. The fraction of sp³-hybridized carbons (Fsp3) is 0.333. The van der Waals surface area contributed by atoms with Crippen LogP contribution in [0.1, 0.15) is 12.5 Å². The first-order valence-electron chi connectivity index (χ1n) is 6.78. The van der Waals surface area contributed by atoms with Gasteiger partial charge in [0.1, 0.15) is 10.2 Å². The summed E-state index contributed by atoms with van der Waals surface area (Å²) in [7, 11) is 1.66. The third-order valence-corrected chi connectivity index (χ3v) is 3.95. The zero-order valence-corrected chi connectivity index (χ0v) is 13.7. The van der Waals surface area contributed by atoms with Gasteiger partial charge < -0.3 is 10.1 Å². The number of hydrogen-bond acceptors (Lipinski definition) is 4. The van der Waals surface area contributed by atoms with E-state index in [4.69, 9.17) is 4.74 Å². The molecule has 0 radical (unpaired) electrons. The average molecular weight is 352 g/mol. The van der Waals surface area contributed by atoms with Gasteiger partial charge in [0.05, 0.1) is 19.0 Å². The topological polar surface area (TPSA) is 56.1 Å². The summed E-state index contributed by atoms with van der Waals surface area (Å²) in [5.41, 5.74) is 1.71. The van der Waals surface area contributed by atoms with Crippen LogP contribution in [0.2, 0.25) is 0 Å². The van der Waals surface area contributed by atoms with Crippen LogP contribution in [0.5, 0.6) is 5.75 Å². The van der Waals surface area contributed by atoms with E-state index in [-0.39, 0.29) is 5.56 Å². The van der Waals surface area contributed by atoms with Crippen LogP contribution in [0.4, 0.5) is 5.69 Å². The van der Waals surface area contributed by atoms with Gasteiger partial charge in [-0.05, 0) is 40.9 Å². The number of aryl methyl sites for hydroxylation is 1. The van der Waals surface area contributed by atoms with E-state index < -0.39 is 0 Å². The molecule has 0 aliphatic heterocycles. The molecule has 1 N–H and O–H groups in total. The van der Waals surface area contributed by atoms with Gasteiger partial charge in [-0.15, -0.1) is 0 Å². The van der Waals surface area contributed by atoms with Gasteiger partial charge in [0, 0.05) is 13.1 Å². The molecule has 2 rings (SSSR count). The number of nitrogens with one attached hydrogen (secondary N) is 1. The van der Waals surface area contributed by atoms with Crippen LogP contribution in [-0.2, 0) is 13.0 Å². The van der Waals surface area contributed by atoms with Crippen molar-refractivity contribution in [3.8, 4) is 5.75 Å². The first kappa shape index (κ1) is 15.6. The van der Waals surface area contributed by atoms with Crippen LogP contribution < -0.4 is 15.6 Å². The molecule has 1 aromatic carbocycles. The number of methoxy groups -OCH3 is 1. The number of aromatic nitrogens is 2. The van der Waals surface area contributed by atoms with Gasteiger partial charge in [-0.25, -0.2) is 4.68 Å². The molecule has 1 heterocycles. The lowest BCUT2D eigenvalue weighted by atomic mass is 10.1. The van der Waals surface area contributed by atoms with Gasteiger partial charge in [-0.1, -0.05) is 18.2 Å². The molecule has 0 fully saturated rings. The Kier molecular flexibility index (Phi) is 5.38.